The number of hydrogen-bond acceptors (Lipinski definition) is 4. The number of amides is 2. The Bertz CT molecular complexity index is 1350. The average molecular weight is 565 g/mol. The van der Waals surface area contributed by atoms with Crippen molar-refractivity contribution >= 4 is 35.0 Å². The van der Waals surface area contributed by atoms with Gasteiger partial charge in [-0.25, -0.2) is 0 Å². The standard InChI is InChI=1S/C31H30Cl2N2O4/c1-38-23-16-20-14-15-34-29(28(20)26(17-23)39-2)24-4-3-5-25(30(34)36)35(24)31(37)27(18-6-10-21(32)11-7-18)19-8-12-22(33)13-9-19/h6-13,16-17,24-25,27,29H,3-5,14-15H2,1-2H3. The van der Waals surface area contributed by atoms with Crippen molar-refractivity contribution in [3.05, 3.63) is 93.0 Å². The molecule has 3 unspecified atom stereocenters. The van der Waals surface area contributed by atoms with Crippen LogP contribution in [-0.4, -0.2) is 54.5 Å². The molecule has 0 saturated carbocycles. The molecule has 3 atom stereocenters. The lowest BCUT2D eigenvalue weighted by Gasteiger charge is -2.56. The van der Waals surface area contributed by atoms with E-state index in [1.165, 1.54) is 0 Å². The van der Waals surface area contributed by atoms with Crippen LogP contribution in [0.25, 0.3) is 0 Å². The third kappa shape index (κ3) is 4.44. The normalized spacial score (nSPS) is 21.9. The molecule has 3 aromatic carbocycles. The third-order valence-corrected chi connectivity index (χ3v) is 8.93. The average Bonchev–Trinajstić information content (AvgIpc) is 2.96. The third-order valence-electron chi connectivity index (χ3n) is 8.42. The van der Waals surface area contributed by atoms with Gasteiger partial charge in [-0.15, -0.1) is 0 Å². The largest absolute Gasteiger partial charge is 0.497 e. The molecule has 2 fully saturated rings. The van der Waals surface area contributed by atoms with Crippen molar-refractivity contribution in [1.82, 2.24) is 9.80 Å². The minimum absolute atomic E-state index is 0.0128. The van der Waals surface area contributed by atoms with Crippen LogP contribution in [0.3, 0.4) is 0 Å². The highest BCUT2D eigenvalue weighted by Gasteiger charge is 2.54. The number of nitrogens with zero attached hydrogens (tertiary/aromatic N) is 2. The summed E-state index contributed by atoms with van der Waals surface area (Å²) in [5, 5.41) is 1.20. The fourth-order valence-corrected chi connectivity index (χ4v) is 6.95. The number of halogens is 2. The van der Waals surface area contributed by atoms with Crippen molar-refractivity contribution in [3.63, 3.8) is 0 Å². The molecule has 3 aromatic rings. The van der Waals surface area contributed by atoms with Crippen LogP contribution >= 0.6 is 23.2 Å². The van der Waals surface area contributed by atoms with Gasteiger partial charge in [0.05, 0.1) is 32.2 Å². The molecule has 0 radical (unpaired) electrons. The first-order chi connectivity index (χ1) is 18.9. The van der Waals surface area contributed by atoms with Crippen molar-refractivity contribution in [1.29, 1.82) is 0 Å². The number of ether oxygens (including phenoxy) is 2. The number of carbonyl (C=O) groups excluding carboxylic acids is 2. The van der Waals surface area contributed by atoms with E-state index in [-0.39, 0.29) is 23.9 Å². The van der Waals surface area contributed by atoms with Crippen LogP contribution < -0.4 is 9.47 Å². The number of carbonyl (C=O) groups is 2. The predicted molar refractivity (Wildman–Crippen MR) is 151 cm³/mol. The molecule has 3 aliphatic rings. The first-order valence-corrected chi connectivity index (χ1v) is 14.0. The number of methoxy groups -OCH3 is 2. The summed E-state index contributed by atoms with van der Waals surface area (Å²) in [6, 6.07) is 17.7. The van der Waals surface area contributed by atoms with Crippen molar-refractivity contribution < 1.29 is 19.1 Å². The van der Waals surface area contributed by atoms with Crippen LogP contribution in [0, 0.1) is 0 Å². The van der Waals surface area contributed by atoms with Gasteiger partial charge in [-0.3, -0.25) is 9.59 Å². The Kier molecular flexibility index (Phi) is 6.94. The lowest BCUT2D eigenvalue weighted by Crippen LogP contribution is -2.67. The van der Waals surface area contributed by atoms with E-state index in [0.717, 1.165) is 47.3 Å². The number of fused-ring (bicyclic) bond motifs is 6. The number of hydrogen-bond donors (Lipinski definition) is 0. The van der Waals surface area contributed by atoms with Gasteiger partial charge in [0.1, 0.15) is 17.5 Å². The van der Waals surface area contributed by atoms with Crippen LogP contribution in [-0.2, 0) is 16.0 Å². The van der Waals surface area contributed by atoms with Gasteiger partial charge in [0.25, 0.3) is 0 Å². The van der Waals surface area contributed by atoms with Crippen LogP contribution in [0.2, 0.25) is 10.0 Å². The number of rotatable bonds is 5. The molecule has 8 heteroatoms. The predicted octanol–water partition coefficient (Wildman–Crippen LogP) is 6.03. The minimum atomic E-state index is -0.595. The molecule has 3 heterocycles. The van der Waals surface area contributed by atoms with E-state index < -0.39 is 12.0 Å². The van der Waals surface area contributed by atoms with E-state index in [4.69, 9.17) is 32.7 Å². The molecule has 6 nitrogen and oxygen atoms in total. The molecule has 0 spiro atoms. The fraction of sp³-hybridized carbons (Fsp3) is 0.355. The zero-order chi connectivity index (χ0) is 27.3. The Balaban J connectivity index is 1.47. The second-order valence-corrected chi connectivity index (χ2v) is 11.3. The quantitative estimate of drug-likeness (QED) is 0.379. The van der Waals surface area contributed by atoms with Crippen LogP contribution in [0.15, 0.2) is 60.7 Å². The summed E-state index contributed by atoms with van der Waals surface area (Å²) < 4.78 is 11.4. The molecule has 6 rings (SSSR count). The van der Waals surface area contributed by atoms with E-state index in [9.17, 15) is 9.59 Å². The van der Waals surface area contributed by atoms with E-state index in [1.54, 1.807) is 38.5 Å². The van der Waals surface area contributed by atoms with Crippen LogP contribution in [0.5, 0.6) is 11.5 Å². The highest BCUT2D eigenvalue weighted by molar-refractivity contribution is 6.30. The number of benzene rings is 3. The fourth-order valence-electron chi connectivity index (χ4n) is 6.70. The van der Waals surface area contributed by atoms with Crippen molar-refractivity contribution in [3.8, 4) is 11.5 Å². The minimum Gasteiger partial charge on any atom is -0.497 e. The number of piperidine rings is 1. The summed E-state index contributed by atoms with van der Waals surface area (Å²) in [4.78, 5) is 32.6. The molecule has 2 saturated heterocycles. The van der Waals surface area contributed by atoms with Crippen LogP contribution in [0.1, 0.15) is 53.5 Å². The zero-order valence-corrected chi connectivity index (χ0v) is 23.4. The monoisotopic (exact) mass is 564 g/mol. The Morgan fingerprint density at radius 1 is 0.923 bits per heavy atom. The lowest BCUT2D eigenvalue weighted by molar-refractivity contribution is -0.167. The van der Waals surface area contributed by atoms with E-state index in [0.29, 0.717) is 28.8 Å². The van der Waals surface area contributed by atoms with Gasteiger partial charge in [-0.2, -0.15) is 0 Å². The second kappa shape index (κ2) is 10.4. The lowest BCUT2D eigenvalue weighted by atomic mass is 9.77. The number of piperazine rings is 1. The van der Waals surface area contributed by atoms with Gasteiger partial charge in [-0.05, 0) is 72.7 Å². The smallest absolute Gasteiger partial charge is 0.245 e. The Labute approximate surface area is 238 Å². The summed E-state index contributed by atoms with van der Waals surface area (Å²) in [5.41, 5.74) is 3.73. The van der Waals surface area contributed by atoms with Gasteiger partial charge in [0.2, 0.25) is 11.8 Å². The molecule has 3 aliphatic heterocycles. The van der Waals surface area contributed by atoms with Crippen molar-refractivity contribution in [2.75, 3.05) is 20.8 Å². The molecule has 2 amide bonds. The molecular weight excluding hydrogens is 535 g/mol. The second-order valence-electron chi connectivity index (χ2n) is 10.4. The van der Waals surface area contributed by atoms with E-state index in [2.05, 4.69) is 0 Å². The molecule has 0 N–H and O–H groups in total. The Morgan fingerprint density at radius 2 is 1.56 bits per heavy atom. The Morgan fingerprint density at radius 3 is 2.15 bits per heavy atom. The SMILES string of the molecule is COc1cc2c(c(OC)c1)C1C3CCCC(C(=O)N1CC2)N3C(=O)C(c1ccc(Cl)cc1)c1ccc(Cl)cc1. The van der Waals surface area contributed by atoms with Crippen molar-refractivity contribution in [2.24, 2.45) is 0 Å². The summed E-state index contributed by atoms with van der Waals surface area (Å²) in [6.45, 7) is 0.611. The molecular formula is C31H30Cl2N2O4. The first kappa shape index (κ1) is 26.0. The summed E-state index contributed by atoms with van der Waals surface area (Å²) in [7, 11) is 3.28. The van der Waals surface area contributed by atoms with Gasteiger partial charge in [-0.1, -0.05) is 47.5 Å². The molecule has 202 valence electrons. The summed E-state index contributed by atoms with van der Waals surface area (Å²) in [5.74, 6) is 0.750. The maximum Gasteiger partial charge on any atom is 0.245 e. The van der Waals surface area contributed by atoms with E-state index >= 15 is 0 Å². The topological polar surface area (TPSA) is 59.1 Å². The van der Waals surface area contributed by atoms with Gasteiger partial charge in [0, 0.05) is 28.2 Å². The maximum absolute atomic E-state index is 14.7. The van der Waals surface area contributed by atoms with Gasteiger partial charge >= 0.3 is 0 Å². The molecule has 39 heavy (non-hydrogen) atoms. The summed E-state index contributed by atoms with van der Waals surface area (Å²) >= 11 is 12.4. The molecule has 0 aliphatic carbocycles. The zero-order valence-electron chi connectivity index (χ0n) is 21.9. The highest BCUT2D eigenvalue weighted by Crippen LogP contribution is 2.49. The highest BCUT2D eigenvalue weighted by atomic mass is 35.5. The van der Waals surface area contributed by atoms with E-state index in [1.807, 2.05) is 46.2 Å². The molecule has 0 aromatic heterocycles. The first-order valence-electron chi connectivity index (χ1n) is 13.3. The maximum atomic E-state index is 14.7. The summed E-state index contributed by atoms with van der Waals surface area (Å²) in [6.07, 6.45) is 3.07. The van der Waals surface area contributed by atoms with Gasteiger partial charge < -0.3 is 19.3 Å². The van der Waals surface area contributed by atoms with Gasteiger partial charge in [0.15, 0.2) is 0 Å². The van der Waals surface area contributed by atoms with Crippen molar-refractivity contribution in [2.45, 2.75) is 49.7 Å². The van der Waals surface area contributed by atoms with Crippen LogP contribution in [0.4, 0.5) is 0 Å². The Hall–Kier alpha value is -3.22. The molecule has 2 bridgehead atoms.